The number of nitrogens with one attached hydrogen (secondary N) is 2. The van der Waals surface area contributed by atoms with Crippen molar-refractivity contribution in [3.63, 3.8) is 0 Å². The average molecular weight is 445 g/mol. The fraction of sp³-hybridized carbons (Fsp3) is 0.600. The number of carbonyl (C=O) groups is 2. The van der Waals surface area contributed by atoms with Crippen molar-refractivity contribution in [3.8, 4) is 0 Å². The highest BCUT2D eigenvalue weighted by molar-refractivity contribution is 5.90. The van der Waals surface area contributed by atoms with E-state index in [1.807, 2.05) is 0 Å². The van der Waals surface area contributed by atoms with Gasteiger partial charge in [-0.05, 0) is 32.0 Å². The largest absolute Gasteiger partial charge is 0.419 e. The first-order valence-electron chi connectivity index (χ1n) is 10.2. The van der Waals surface area contributed by atoms with Crippen LogP contribution < -0.4 is 10.6 Å². The highest BCUT2D eigenvalue weighted by Gasteiger charge is 2.35. The number of amides is 3. The molecule has 1 atom stereocenters. The Hall–Kier alpha value is -2.40. The molecule has 0 bridgehead atoms. The van der Waals surface area contributed by atoms with Crippen molar-refractivity contribution in [2.45, 2.75) is 32.1 Å². The molecule has 11 heteroatoms. The molecular weight excluding hydrogens is 418 g/mol. The Kier molecular flexibility index (Phi) is 7.05. The van der Waals surface area contributed by atoms with Crippen LogP contribution in [0.5, 0.6) is 0 Å². The van der Waals surface area contributed by atoms with E-state index in [0.29, 0.717) is 37.8 Å². The molecule has 2 heterocycles. The first-order valence-corrected chi connectivity index (χ1v) is 10.2. The van der Waals surface area contributed by atoms with Crippen LogP contribution in [-0.2, 0) is 11.0 Å². The fourth-order valence-corrected chi connectivity index (χ4v) is 3.78. The van der Waals surface area contributed by atoms with Crippen LogP contribution in [0.15, 0.2) is 18.2 Å². The smallest absolute Gasteiger partial charge is 0.338 e. The zero-order valence-corrected chi connectivity index (χ0v) is 17.5. The number of alkyl halides is 3. The van der Waals surface area contributed by atoms with Gasteiger partial charge >= 0.3 is 12.2 Å². The topological polar surface area (TPSA) is 67.9 Å². The van der Waals surface area contributed by atoms with Gasteiger partial charge < -0.3 is 20.4 Å². The Morgan fingerprint density at radius 2 is 1.74 bits per heavy atom. The van der Waals surface area contributed by atoms with Crippen LogP contribution in [0.1, 0.15) is 19.4 Å². The summed E-state index contributed by atoms with van der Waals surface area (Å²) in [6.07, 6.45) is -4.85. The van der Waals surface area contributed by atoms with E-state index in [-0.39, 0.29) is 30.7 Å². The lowest BCUT2D eigenvalue weighted by molar-refractivity contribution is -0.140. The Morgan fingerprint density at radius 3 is 2.35 bits per heavy atom. The number of halogens is 4. The van der Waals surface area contributed by atoms with Crippen molar-refractivity contribution in [2.75, 3.05) is 51.1 Å². The molecule has 2 aliphatic heterocycles. The summed E-state index contributed by atoms with van der Waals surface area (Å²) in [5, 5.41) is 5.62. The van der Waals surface area contributed by atoms with Crippen LogP contribution in [-0.4, -0.2) is 84.5 Å². The third-order valence-electron chi connectivity index (χ3n) is 5.64. The number of rotatable bonds is 3. The predicted octanol–water partition coefficient (Wildman–Crippen LogP) is 2.20. The second-order valence-corrected chi connectivity index (χ2v) is 8.03. The monoisotopic (exact) mass is 445 g/mol. The summed E-state index contributed by atoms with van der Waals surface area (Å²) in [6, 6.07) is 1.79. The molecule has 1 aromatic carbocycles. The van der Waals surface area contributed by atoms with Gasteiger partial charge in [-0.15, -0.1) is 0 Å². The molecule has 3 rings (SSSR count). The van der Waals surface area contributed by atoms with E-state index in [9.17, 15) is 27.2 Å². The molecule has 2 aliphatic rings. The molecule has 3 amide bonds. The highest BCUT2D eigenvalue weighted by atomic mass is 19.4. The first-order chi connectivity index (χ1) is 14.6. The van der Waals surface area contributed by atoms with Crippen molar-refractivity contribution in [1.82, 2.24) is 20.0 Å². The van der Waals surface area contributed by atoms with Gasteiger partial charge in [-0.2, -0.15) is 13.2 Å². The van der Waals surface area contributed by atoms with Crippen LogP contribution in [0.4, 0.5) is 28.0 Å². The van der Waals surface area contributed by atoms with E-state index in [1.165, 1.54) is 4.90 Å². The molecule has 2 fully saturated rings. The summed E-state index contributed by atoms with van der Waals surface area (Å²) in [5.74, 6) is -1.41. The molecule has 0 aromatic heterocycles. The lowest BCUT2D eigenvalue weighted by Gasteiger charge is -2.40. The van der Waals surface area contributed by atoms with Crippen molar-refractivity contribution in [2.24, 2.45) is 0 Å². The number of hydrogen-bond acceptors (Lipinski definition) is 4. The molecular formula is C20H27F4N5O2. The molecule has 2 saturated heterocycles. The van der Waals surface area contributed by atoms with Gasteiger partial charge in [-0.1, -0.05) is 0 Å². The Balaban J connectivity index is 1.54. The summed E-state index contributed by atoms with van der Waals surface area (Å²) in [6.45, 7) is 7.60. The van der Waals surface area contributed by atoms with Gasteiger partial charge in [0.2, 0.25) is 5.91 Å². The number of carbonyl (C=O) groups excluding carboxylic acids is 2. The molecule has 0 radical (unpaired) electrons. The van der Waals surface area contributed by atoms with Crippen LogP contribution in [0.3, 0.4) is 0 Å². The van der Waals surface area contributed by atoms with E-state index in [4.69, 9.17) is 0 Å². The lowest BCUT2D eigenvalue weighted by atomic mass is 10.1. The average Bonchev–Trinajstić information content (AvgIpc) is 2.74. The van der Waals surface area contributed by atoms with Crippen molar-refractivity contribution in [1.29, 1.82) is 0 Å². The summed E-state index contributed by atoms with van der Waals surface area (Å²) in [4.78, 5) is 30.6. The molecule has 172 valence electrons. The van der Waals surface area contributed by atoms with E-state index >= 15 is 0 Å². The van der Waals surface area contributed by atoms with Gasteiger partial charge in [0.05, 0.1) is 11.6 Å². The highest BCUT2D eigenvalue weighted by Crippen LogP contribution is 2.33. The van der Waals surface area contributed by atoms with Gasteiger partial charge in [0, 0.05) is 57.5 Å². The SMILES string of the molecule is CC(C)N1CCNC(C(=O)N2CCN(C(=O)Nc3ccc(F)c(C(F)(F)F)c3)CC2)C1. The molecule has 31 heavy (non-hydrogen) atoms. The summed E-state index contributed by atoms with van der Waals surface area (Å²) >= 11 is 0. The minimum absolute atomic E-state index is 0.0150. The van der Waals surface area contributed by atoms with Gasteiger partial charge in [-0.25, -0.2) is 9.18 Å². The maximum atomic E-state index is 13.4. The second-order valence-electron chi connectivity index (χ2n) is 8.03. The number of urea groups is 1. The number of benzene rings is 1. The van der Waals surface area contributed by atoms with Gasteiger partial charge in [-0.3, -0.25) is 9.69 Å². The maximum Gasteiger partial charge on any atom is 0.419 e. The fourth-order valence-electron chi connectivity index (χ4n) is 3.78. The molecule has 0 spiro atoms. The van der Waals surface area contributed by atoms with Gasteiger partial charge in [0.25, 0.3) is 0 Å². The lowest BCUT2D eigenvalue weighted by Crippen LogP contribution is -2.61. The second kappa shape index (κ2) is 9.39. The van der Waals surface area contributed by atoms with E-state index < -0.39 is 23.6 Å². The van der Waals surface area contributed by atoms with Crippen LogP contribution in [0, 0.1) is 5.82 Å². The standard InChI is InChI=1S/C20H27F4N5O2/c1-13(2)29-6-5-25-17(12-29)18(30)27-7-9-28(10-8-27)19(31)26-14-3-4-16(21)15(11-14)20(22,23)24/h3-4,11,13,17,25H,5-10,12H2,1-2H3,(H,26,31). The number of piperazine rings is 2. The van der Waals surface area contributed by atoms with E-state index in [2.05, 4.69) is 29.4 Å². The quantitative estimate of drug-likeness (QED) is 0.701. The molecule has 1 aromatic rings. The third kappa shape index (κ3) is 5.65. The first kappa shape index (κ1) is 23.3. The van der Waals surface area contributed by atoms with Crippen LogP contribution >= 0.6 is 0 Å². The zero-order chi connectivity index (χ0) is 22.8. The normalized spacial score (nSPS) is 20.8. The Morgan fingerprint density at radius 1 is 1.10 bits per heavy atom. The minimum atomic E-state index is -4.85. The van der Waals surface area contributed by atoms with Crippen molar-refractivity contribution >= 4 is 17.6 Å². The molecule has 7 nitrogen and oxygen atoms in total. The predicted molar refractivity (Wildman–Crippen MR) is 107 cm³/mol. The Bertz CT molecular complexity index is 809. The summed E-state index contributed by atoms with van der Waals surface area (Å²) in [7, 11) is 0. The number of nitrogens with zero attached hydrogens (tertiary/aromatic N) is 3. The van der Waals surface area contributed by atoms with Crippen LogP contribution in [0.25, 0.3) is 0 Å². The summed E-state index contributed by atoms with van der Waals surface area (Å²) in [5.41, 5.74) is -1.58. The number of anilines is 1. The molecule has 1 unspecified atom stereocenters. The third-order valence-corrected chi connectivity index (χ3v) is 5.64. The van der Waals surface area contributed by atoms with Crippen LogP contribution in [0.2, 0.25) is 0 Å². The number of hydrogen-bond donors (Lipinski definition) is 2. The maximum absolute atomic E-state index is 13.4. The van der Waals surface area contributed by atoms with E-state index in [1.54, 1.807) is 4.90 Å². The minimum Gasteiger partial charge on any atom is -0.338 e. The Labute approximate surface area is 178 Å². The zero-order valence-electron chi connectivity index (χ0n) is 17.5. The van der Waals surface area contributed by atoms with Gasteiger partial charge in [0.1, 0.15) is 5.82 Å². The summed E-state index contributed by atoms with van der Waals surface area (Å²) < 4.78 is 52.0. The van der Waals surface area contributed by atoms with Crippen molar-refractivity contribution in [3.05, 3.63) is 29.6 Å². The molecule has 0 aliphatic carbocycles. The van der Waals surface area contributed by atoms with E-state index in [0.717, 1.165) is 19.2 Å². The molecule has 2 N–H and O–H groups in total. The molecule has 0 saturated carbocycles. The van der Waals surface area contributed by atoms with Crippen molar-refractivity contribution < 1.29 is 27.2 Å². The van der Waals surface area contributed by atoms with Gasteiger partial charge in [0.15, 0.2) is 0 Å².